The van der Waals surface area contributed by atoms with Crippen molar-refractivity contribution >= 4 is 0 Å². The minimum atomic E-state index is 0.297. The molecule has 0 aliphatic rings. The van der Waals surface area contributed by atoms with E-state index in [1.54, 1.807) is 7.11 Å². The van der Waals surface area contributed by atoms with Crippen molar-refractivity contribution in [2.75, 3.05) is 26.7 Å². The highest BCUT2D eigenvalue weighted by Gasteiger charge is 2.19. The van der Waals surface area contributed by atoms with E-state index in [2.05, 4.69) is 49.9 Å². The lowest BCUT2D eigenvalue weighted by Crippen LogP contribution is -2.36. The monoisotopic (exact) mass is 278 g/mol. The van der Waals surface area contributed by atoms with Crippen LogP contribution in [0.3, 0.4) is 0 Å². The van der Waals surface area contributed by atoms with Gasteiger partial charge in [-0.15, -0.1) is 0 Å². The molecule has 114 valence electrons. The Kier molecular flexibility index (Phi) is 7.82. The topological polar surface area (TPSA) is 38.5 Å². The lowest BCUT2D eigenvalue weighted by molar-refractivity contribution is 0.178. The number of benzene rings is 1. The molecule has 1 rings (SSSR count). The molecule has 20 heavy (non-hydrogen) atoms. The van der Waals surface area contributed by atoms with Crippen LogP contribution in [0.4, 0.5) is 0 Å². The van der Waals surface area contributed by atoms with E-state index in [0.717, 1.165) is 13.1 Å². The molecule has 0 aliphatic carbocycles. The van der Waals surface area contributed by atoms with Gasteiger partial charge in [0.2, 0.25) is 0 Å². The Labute approximate surface area is 124 Å². The summed E-state index contributed by atoms with van der Waals surface area (Å²) in [6.45, 7) is 10.2. The van der Waals surface area contributed by atoms with Crippen LogP contribution in [-0.2, 0) is 11.3 Å². The average Bonchev–Trinajstić information content (AvgIpc) is 2.47. The van der Waals surface area contributed by atoms with E-state index in [1.807, 2.05) is 0 Å². The molecule has 0 heterocycles. The molecule has 2 unspecified atom stereocenters. The molecular weight excluding hydrogens is 248 g/mol. The van der Waals surface area contributed by atoms with Gasteiger partial charge in [-0.3, -0.25) is 4.90 Å². The quantitative estimate of drug-likeness (QED) is 0.754. The van der Waals surface area contributed by atoms with Crippen LogP contribution < -0.4 is 5.73 Å². The number of hydrogen-bond donors (Lipinski definition) is 1. The van der Waals surface area contributed by atoms with Crippen molar-refractivity contribution in [3.05, 3.63) is 35.4 Å². The van der Waals surface area contributed by atoms with Crippen molar-refractivity contribution in [3.63, 3.8) is 0 Å². The molecule has 3 heteroatoms. The molecule has 0 saturated heterocycles. The molecule has 2 atom stereocenters. The first-order chi connectivity index (χ1) is 9.65. The fourth-order valence-electron chi connectivity index (χ4n) is 2.56. The van der Waals surface area contributed by atoms with Crippen LogP contribution in [-0.4, -0.2) is 31.6 Å². The van der Waals surface area contributed by atoms with Crippen molar-refractivity contribution in [2.45, 2.75) is 39.8 Å². The molecule has 0 aliphatic heterocycles. The van der Waals surface area contributed by atoms with Gasteiger partial charge in [0.1, 0.15) is 0 Å². The molecule has 2 N–H and O–H groups in total. The van der Waals surface area contributed by atoms with E-state index < -0.39 is 0 Å². The third-order valence-electron chi connectivity index (χ3n) is 3.96. The molecule has 0 saturated carbocycles. The number of hydrogen-bond acceptors (Lipinski definition) is 3. The fourth-order valence-corrected chi connectivity index (χ4v) is 2.56. The van der Waals surface area contributed by atoms with Crippen LogP contribution in [0.1, 0.15) is 44.4 Å². The molecule has 0 bridgehead atoms. The van der Waals surface area contributed by atoms with Gasteiger partial charge in [0, 0.05) is 26.2 Å². The van der Waals surface area contributed by atoms with Gasteiger partial charge in [-0.1, -0.05) is 51.5 Å². The standard InChI is InChI=1S/C17H30N2O/c1-5-14(3)12-19(6-2)17(11-18)16-9-7-8-15(10-16)13-20-4/h7-10,14,17H,5-6,11-13,18H2,1-4H3. The third-order valence-corrected chi connectivity index (χ3v) is 3.96. The lowest BCUT2D eigenvalue weighted by Gasteiger charge is -2.32. The van der Waals surface area contributed by atoms with Crippen LogP contribution in [0, 0.1) is 5.92 Å². The molecule has 0 aromatic heterocycles. The molecule has 0 fully saturated rings. The number of likely N-dealkylation sites (N-methyl/N-ethyl adjacent to an activating group) is 1. The van der Waals surface area contributed by atoms with Crippen LogP contribution in [0.2, 0.25) is 0 Å². The van der Waals surface area contributed by atoms with Gasteiger partial charge in [-0.2, -0.15) is 0 Å². The van der Waals surface area contributed by atoms with Gasteiger partial charge < -0.3 is 10.5 Å². The predicted molar refractivity (Wildman–Crippen MR) is 85.7 cm³/mol. The van der Waals surface area contributed by atoms with E-state index in [-0.39, 0.29) is 0 Å². The van der Waals surface area contributed by atoms with Gasteiger partial charge >= 0.3 is 0 Å². The third kappa shape index (κ3) is 4.89. The van der Waals surface area contributed by atoms with E-state index >= 15 is 0 Å². The SMILES string of the molecule is CCC(C)CN(CC)C(CN)c1cccc(COC)c1. The van der Waals surface area contributed by atoms with Gasteiger partial charge in [0.05, 0.1) is 6.61 Å². The number of methoxy groups -OCH3 is 1. The number of nitrogens with two attached hydrogens (primary N) is 1. The number of nitrogens with zero attached hydrogens (tertiary/aromatic N) is 1. The summed E-state index contributed by atoms with van der Waals surface area (Å²) in [4.78, 5) is 2.49. The molecule has 1 aromatic rings. The summed E-state index contributed by atoms with van der Waals surface area (Å²) in [6.07, 6.45) is 1.21. The van der Waals surface area contributed by atoms with Crippen LogP contribution >= 0.6 is 0 Å². The molecule has 0 spiro atoms. The molecule has 1 aromatic carbocycles. The zero-order valence-electron chi connectivity index (χ0n) is 13.4. The summed E-state index contributed by atoms with van der Waals surface area (Å²) in [5.74, 6) is 0.700. The summed E-state index contributed by atoms with van der Waals surface area (Å²) in [6, 6.07) is 8.90. The zero-order chi connectivity index (χ0) is 15.0. The minimum Gasteiger partial charge on any atom is -0.380 e. The summed E-state index contributed by atoms with van der Waals surface area (Å²) in [7, 11) is 1.73. The first-order valence-electron chi connectivity index (χ1n) is 7.68. The maximum absolute atomic E-state index is 6.05. The van der Waals surface area contributed by atoms with Gasteiger partial charge in [-0.25, -0.2) is 0 Å². The van der Waals surface area contributed by atoms with Crippen LogP contribution in [0.5, 0.6) is 0 Å². The molecule has 0 radical (unpaired) electrons. The Bertz CT molecular complexity index is 381. The van der Waals surface area contributed by atoms with E-state index in [1.165, 1.54) is 17.5 Å². The van der Waals surface area contributed by atoms with Crippen molar-refractivity contribution in [3.8, 4) is 0 Å². The highest BCUT2D eigenvalue weighted by atomic mass is 16.5. The van der Waals surface area contributed by atoms with E-state index in [4.69, 9.17) is 10.5 Å². The second kappa shape index (κ2) is 9.11. The van der Waals surface area contributed by atoms with Crippen LogP contribution in [0.25, 0.3) is 0 Å². The van der Waals surface area contributed by atoms with Crippen molar-refractivity contribution < 1.29 is 4.74 Å². The maximum atomic E-state index is 6.05. The van der Waals surface area contributed by atoms with Crippen molar-refractivity contribution in [2.24, 2.45) is 11.7 Å². The summed E-state index contributed by atoms with van der Waals surface area (Å²) in [5.41, 5.74) is 8.56. The Hall–Kier alpha value is -0.900. The predicted octanol–water partition coefficient (Wildman–Crippen LogP) is 3.20. The average molecular weight is 278 g/mol. The van der Waals surface area contributed by atoms with Gasteiger partial charge in [0.25, 0.3) is 0 Å². The second-order valence-electron chi connectivity index (χ2n) is 5.53. The smallest absolute Gasteiger partial charge is 0.0713 e. The molecule has 3 nitrogen and oxygen atoms in total. The summed E-state index contributed by atoms with van der Waals surface area (Å²) >= 11 is 0. The lowest BCUT2D eigenvalue weighted by atomic mass is 10.0. The highest BCUT2D eigenvalue weighted by Crippen LogP contribution is 2.22. The first-order valence-corrected chi connectivity index (χ1v) is 7.68. The number of ether oxygens (including phenoxy) is 1. The maximum Gasteiger partial charge on any atom is 0.0713 e. The Morgan fingerprint density at radius 1 is 1.30 bits per heavy atom. The zero-order valence-corrected chi connectivity index (χ0v) is 13.4. The number of rotatable bonds is 9. The summed E-state index contributed by atoms with van der Waals surface area (Å²) in [5, 5.41) is 0. The molecular formula is C17H30N2O. The second-order valence-corrected chi connectivity index (χ2v) is 5.53. The first kappa shape index (κ1) is 17.2. The normalized spacial score (nSPS) is 14.5. The Balaban J connectivity index is 2.89. The fraction of sp³-hybridized carbons (Fsp3) is 0.647. The summed E-state index contributed by atoms with van der Waals surface area (Å²) < 4.78 is 5.22. The van der Waals surface area contributed by atoms with E-state index in [0.29, 0.717) is 25.1 Å². The molecule has 0 amide bonds. The van der Waals surface area contributed by atoms with Crippen LogP contribution in [0.15, 0.2) is 24.3 Å². The van der Waals surface area contributed by atoms with Gasteiger partial charge in [-0.05, 0) is 23.6 Å². The largest absolute Gasteiger partial charge is 0.380 e. The van der Waals surface area contributed by atoms with Gasteiger partial charge in [0.15, 0.2) is 0 Å². The Morgan fingerprint density at radius 2 is 2.05 bits per heavy atom. The highest BCUT2D eigenvalue weighted by molar-refractivity contribution is 5.26. The van der Waals surface area contributed by atoms with Crippen molar-refractivity contribution in [1.82, 2.24) is 4.90 Å². The minimum absolute atomic E-state index is 0.297. The Morgan fingerprint density at radius 3 is 2.60 bits per heavy atom. The van der Waals surface area contributed by atoms with Crippen molar-refractivity contribution in [1.29, 1.82) is 0 Å². The van der Waals surface area contributed by atoms with E-state index in [9.17, 15) is 0 Å².